The summed E-state index contributed by atoms with van der Waals surface area (Å²) in [6.45, 7) is 6.09. The van der Waals surface area contributed by atoms with Gasteiger partial charge in [-0.3, -0.25) is 0 Å². The quantitative estimate of drug-likeness (QED) is 0.773. The number of amides is 2. The Morgan fingerprint density at radius 3 is 2.67 bits per heavy atom. The number of carbonyl (C=O) groups is 1. The number of aryl methyl sites for hydroxylation is 1. The lowest BCUT2D eigenvalue weighted by molar-refractivity contribution is 0.244. The highest BCUT2D eigenvalue weighted by atomic mass is 16.2. The van der Waals surface area contributed by atoms with E-state index < -0.39 is 0 Å². The predicted molar refractivity (Wildman–Crippen MR) is 61.6 cm³/mol. The lowest BCUT2D eigenvalue weighted by Crippen LogP contribution is -2.33. The Morgan fingerprint density at radius 2 is 2.07 bits per heavy atom. The van der Waals surface area contributed by atoms with Crippen molar-refractivity contribution in [2.45, 2.75) is 13.3 Å². The molecule has 0 saturated carbocycles. The SMILES string of the molecule is C=CNC(=O)NCCc1ccc(C)cc1. The molecule has 0 aliphatic rings. The number of hydrogen-bond acceptors (Lipinski definition) is 1. The van der Waals surface area contributed by atoms with Crippen LogP contribution in [0.3, 0.4) is 0 Å². The number of nitrogens with one attached hydrogen (secondary N) is 2. The molecule has 3 heteroatoms. The first-order valence-corrected chi connectivity index (χ1v) is 4.93. The molecule has 1 aromatic rings. The van der Waals surface area contributed by atoms with Crippen LogP contribution in [-0.2, 0) is 6.42 Å². The van der Waals surface area contributed by atoms with Gasteiger partial charge in [-0.25, -0.2) is 4.79 Å². The molecule has 1 aromatic carbocycles. The summed E-state index contributed by atoms with van der Waals surface area (Å²) in [6, 6.07) is 8.07. The van der Waals surface area contributed by atoms with Gasteiger partial charge in [-0.15, -0.1) is 0 Å². The van der Waals surface area contributed by atoms with Crippen LogP contribution in [0.1, 0.15) is 11.1 Å². The standard InChI is InChI=1S/C12H16N2O/c1-3-13-12(15)14-9-8-11-6-4-10(2)5-7-11/h3-7H,1,8-9H2,2H3,(H2,13,14,15). The third-order valence-electron chi connectivity index (χ3n) is 2.05. The van der Waals surface area contributed by atoms with E-state index in [1.54, 1.807) is 0 Å². The maximum Gasteiger partial charge on any atom is 0.318 e. The van der Waals surface area contributed by atoms with Gasteiger partial charge in [0.2, 0.25) is 0 Å². The summed E-state index contributed by atoms with van der Waals surface area (Å²) in [6.07, 6.45) is 2.20. The molecule has 15 heavy (non-hydrogen) atoms. The highest BCUT2D eigenvalue weighted by Gasteiger charge is 1.96. The molecule has 2 N–H and O–H groups in total. The van der Waals surface area contributed by atoms with Crippen molar-refractivity contribution < 1.29 is 4.79 Å². The molecule has 0 unspecified atom stereocenters. The van der Waals surface area contributed by atoms with E-state index in [1.807, 2.05) is 0 Å². The Labute approximate surface area is 90.2 Å². The van der Waals surface area contributed by atoms with Gasteiger partial charge in [0.25, 0.3) is 0 Å². The number of hydrogen-bond donors (Lipinski definition) is 2. The topological polar surface area (TPSA) is 41.1 Å². The van der Waals surface area contributed by atoms with Gasteiger partial charge in [0.1, 0.15) is 0 Å². The summed E-state index contributed by atoms with van der Waals surface area (Å²) < 4.78 is 0. The first-order chi connectivity index (χ1) is 7.22. The van der Waals surface area contributed by atoms with Crippen LogP contribution in [0.5, 0.6) is 0 Å². The molecule has 0 atom stereocenters. The molecule has 1 rings (SSSR count). The second-order valence-corrected chi connectivity index (χ2v) is 3.34. The molecule has 0 spiro atoms. The Hall–Kier alpha value is -1.77. The molecule has 0 bridgehead atoms. The van der Waals surface area contributed by atoms with Crippen molar-refractivity contribution in [3.8, 4) is 0 Å². The van der Waals surface area contributed by atoms with E-state index in [2.05, 4.69) is 48.4 Å². The second kappa shape index (κ2) is 5.86. The molecular formula is C12H16N2O. The normalized spacial score (nSPS) is 9.40. The zero-order valence-electron chi connectivity index (χ0n) is 8.92. The average Bonchev–Trinajstić information content (AvgIpc) is 2.21. The lowest BCUT2D eigenvalue weighted by Gasteiger charge is -2.04. The molecule has 0 aliphatic carbocycles. The van der Waals surface area contributed by atoms with Crippen LogP contribution >= 0.6 is 0 Å². The van der Waals surface area contributed by atoms with Gasteiger partial charge in [0.15, 0.2) is 0 Å². The van der Waals surface area contributed by atoms with Crippen molar-refractivity contribution >= 4 is 6.03 Å². The summed E-state index contributed by atoms with van der Waals surface area (Å²) in [4.78, 5) is 11.0. The van der Waals surface area contributed by atoms with Crippen molar-refractivity contribution in [1.29, 1.82) is 0 Å². The third-order valence-corrected chi connectivity index (χ3v) is 2.05. The third kappa shape index (κ3) is 4.31. The monoisotopic (exact) mass is 204 g/mol. The van der Waals surface area contributed by atoms with Crippen molar-refractivity contribution in [3.05, 3.63) is 48.2 Å². The Bertz CT molecular complexity index is 330. The van der Waals surface area contributed by atoms with Gasteiger partial charge in [0, 0.05) is 6.54 Å². The van der Waals surface area contributed by atoms with Gasteiger partial charge < -0.3 is 10.6 Å². The minimum Gasteiger partial charge on any atom is -0.338 e. The van der Waals surface area contributed by atoms with Gasteiger partial charge in [-0.05, 0) is 25.1 Å². The van der Waals surface area contributed by atoms with Crippen LogP contribution in [0.15, 0.2) is 37.0 Å². The summed E-state index contributed by atoms with van der Waals surface area (Å²) in [5.41, 5.74) is 2.47. The van der Waals surface area contributed by atoms with Gasteiger partial charge in [0.05, 0.1) is 0 Å². The average molecular weight is 204 g/mol. The van der Waals surface area contributed by atoms with Crippen molar-refractivity contribution in [2.24, 2.45) is 0 Å². The predicted octanol–water partition coefficient (Wildman–Crippen LogP) is 1.98. The molecule has 0 aromatic heterocycles. The highest BCUT2D eigenvalue weighted by Crippen LogP contribution is 2.02. The Balaban J connectivity index is 2.28. The van der Waals surface area contributed by atoms with E-state index in [0.717, 1.165) is 6.42 Å². The fourth-order valence-electron chi connectivity index (χ4n) is 1.22. The van der Waals surface area contributed by atoms with Gasteiger partial charge >= 0.3 is 6.03 Å². The van der Waals surface area contributed by atoms with Crippen molar-refractivity contribution in [2.75, 3.05) is 6.54 Å². The summed E-state index contributed by atoms with van der Waals surface area (Å²) >= 11 is 0. The van der Waals surface area contributed by atoms with Crippen LogP contribution < -0.4 is 10.6 Å². The first-order valence-electron chi connectivity index (χ1n) is 4.93. The molecule has 0 aliphatic heterocycles. The maximum atomic E-state index is 11.0. The summed E-state index contributed by atoms with van der Waals surface area (Å²) in [5.74, 6) is 0. The molecule has 2 amide bonds. The smallest absolute Gasteiger partial charge is 0.318 e. The Morgan fingerprint density at radius 1 is 1.40 bits per heavy atom. The summed E-state index contributed by atoms with van der Waals surface area (Å²) in [5, 5.41) is 5.18. The fraction of sp³-hybridized carbons (Fsp3) is 0.250. The Kier molecular flexibility index (Phi) is 4.41. The zero-order chi connectivity index (χ0) is 11.1. The van der Waals surface area contributed by atoms with Crippen molar-refractivity contribution in [3.63, 3.8) is 0 Å². The van der Waals surface area contributed by atoms with Crippen LogP contribution in [0.25, 0.3) is 0 Å². The van der Waals surface area contributed by atoms with E-state index in [-0.39, 0.29) is 6.03 Å². The molecule has 80 valence electrons. The summed E-state index contributed by atoms with van der Waals surface area (Å²) in [7, 11) is 0. The maximum absolute atomic E-state index is 11.0. The van der Waals surface area contributed by atoms with Gasteiger partial charge in [-0.2, -0.15) is 0 Å². The van der Waals surface area contributed by atoms with E-state index in [4.69, 9.17) is 0 Å². The molecule has 0 heterocycles. The minimum atomic E-state index is -0.211. The van der Waals surface area contributed by atoms with Crippen LogP contribution in [0.2, 0.25) is 0 Å². The second-order valence-electron chi connectivity index (χ2n) is 3.34. The molecular weight excluding hydrogens is 188 g/mol. The molecule has 3 nitrogen and oxygen atoms in total. The molecule has 0 radical (unpaired) electrons. The largest absolute Gasteiger partial charge is 0.338 e. The van der Waals surface area contributed by atoms with E-state index in [9.17, 15) is 4.79 Å². The zero-order valence-corrected chi connectivity index (χ0v) is 8.92. The number of benzene rings is 1. The van der Waals surface area contributed by atoms with Crippen LogP contribution in [0.4, 0.5) is 4.79 Å². The van der Waals surface area contributed by atoms with Crippen LogP contribution in [0, 0.1) is 6.92 Å². The molecule has 0 saturated heterocycles. The van der Waals surface area contributed by atoms with Crippen molar-refractivity contribution in [1.82, 2.24) is 10.6 Å². The minimum absolute atomic E-state index is 0.211. The van der Waals surface area contributed by atoms with E-state index in [1.165, 1.54) is 17.3 Å². The first kappa shape index (κ1) is 11.3. The molecule has 0 fully saturated rings. The number of rotatable bonds is 4. The van der Waals surface area contributed by atoms with Crippen LogP contribution in [-0.4, -0.2) is 12.6 Å². The number of urea groups is 1. The lowest BCUT2D eigenvalue weighted by atomic mass is 10.1. The van der Waals surface area contributed by atoms with E-state index in [0.29, 0.717) is 6.54 Å². The van der Waals surface area contributed by atoms with E-state index >= 15 is 0 Å². The van der Waals surface area contributed by atoms with Gasteiger partial charge in [-0.1, -0.05) is 36.4 Å². The highest BCUT2D eigenvalue weighted by molar-refractivity contribution is 5.74. The number of carbonyl (C=O) groups excluding carboxylic acids is 1. The fourth-order valence-corrected chi connectivity index (χ4v) is 1.22.